The Labute approximate surface area is 113 Å². The molecule has 94 valence electrons. The van der Waals surface area contributed by atoms with Crippen molar-refractivity contribution in [3.05, 3.63) is 83.9 Å². The number of rotatable bonds is 5. The van der Waals surface area contributed by atoms with Crippen LogP contribution >= 0.6 is 0 Å². The minimum Gasteiger partial charge on any atom is -0.295 e. The summed E-state index contributed by atoms with van der Waals surface area (Å²) in [6, 6.07) is 19.8. The van der Waals surface area contributed by atoms with E-state index in [1.54, 1.807) is 6.08 Å². The van der Waals surface area contributed by atoms with Gasteiger partial charge in [-0.3, -0.25) is 4.79 Å². The lowest BCUT2D eigenvalue weighted by Gasteiger charge is -1.92. The van der Waals surface area contributed by atoms with Crippen LogP contribution < -0.4 is 0 Å². The van der Waals surface area contributed by atoms with Crippen molar-refractivity contribution >= 4 is 17.9 Å². The molecule has 0 heterocycles. The van der Waals surface area contributed by atoms with Crippen LogP contribution in [0.25, 0.3) is 12.2 Å². The van der Waals surface area contributed by atoms with E-state index in [4.69, 9.17) is 0 Å². The molecule has 0 fully saturated rings. The van der Waals surface area contributed by atoms with Crippen LogP contribution in [0.4, 0.5) is 0 Å². The Hall–Kier alpha value is -2.41. The fourth-order valence-corrected chi connectivity index (χ4v) is 1.70. The van der Waals surface area contributed by atoms with Gasteiger partial charge in [0, 0.05) is 6.42 Å². The first-order chi connectivity index (χ1) is 9.34. The standard InChI is InChI=1S/C18H16O/c19-18(15-14-17-10-5-2-6-11-17)13-7-12-16-8-3-1-4-9-16/h1-12,14-15H,13H2/b12-7+,15-14+. The highest BCUT2D eigenvalue weighted by Crippen LogP contribution is 2.04. The Morgan fingerprint density at radius 3 is 1.89 bits per heavy atom. The molecule has 0 spiro atoms. The number of hydrogen-bond acceptors (Lipinski definition) is 1. The summed E-state index contributed by atoms with van der Waals surface area (Å²) < 4.78 is 0. The van der Waals surface area contributed by atoms with Gasteiger partial charge in [-0.1, -0.05) is 78.9 Å². The number of hydrogen-bond donors (Lipinski definition) is 0. The van der Waals surface area contributed by atoms with Crippen LogP contribution in [0.2, 0.25) is 0 Å². The quantitative estimate of drug-likeness (QED) is 0.718. The monoisotopic (exact) mass is 248 g/mol. The Balaban J connectivity index is 1.85. The summed E-state index contributed by atoms with van der Waals surface area (Å²) in [5.74, 6) is 0.107. The van der Waals surface area contributed by atoms with E-state index in [2.05, 4.69) is 0 Å². The zero-order valence-electron chi connectivity index (χ0n) is 10.7. The third-order valence-corrected chi connectivity index (χ3v) is 2.69. The summed E-state index contributed by atoms with van der Waals surface area (Å²) in [5, 5.41) is 0. The van der Waals surface area contributed by atoms with Crippen LogP contribution in [0.3, 0.4) is 0 Å². The fraction of sp³-hybridized carbons (Fsp3) is 0.0556. The maximum absolute atomic E-state index is 11.7. The van der Waals surface area contributed by atoms with Crippen molar-refractivity contribution in [2.24, 2.45) is 0 Å². The third-order valence-electron chi connectivity index (χ3n) is 2.69. The lowest BCUT2D eigenvalue weighted by atomic mass is 10.1. The Kier molecular flexibility index (Phi) is 4.88. The maximum atomic E-state index is 11.7. The van der Waals surface area contributed by atoms with Crippen molar-refractivity contribution in [3.8, 4) is 0 Å². The van der Waals surface area contributed by atoms with E-state index in [1.807, 2.05) is 78.9 Å². The molecule has 2 aromatic rings. The van der Waals surface area contributed by atoms with Crippen molar-refractivity contribution in [2.45, 2.75) is 6.42 Å². The van der Waals surface area contributed by atoms with Gasteiger partial charge in [0.15, 0.2) is 5.78 Å². The molecule has 1 nitrogen and oxygen atoms in total. The van der Waals surface area contributed by atoms with Gasteiger partial charge in [0.05, 0.1) is 0 Å². The van der Waals surface area contributed by atoms with E-state index in [1.165, 1.54) is 0 Å². The number of carbonyl (C=O) groups excluding carboxylic acids is 1. The minimum atomic E-state index is 0.107. The number of ketones is 1. The lowest BCUT2D eigenvalue weighted by Crippen LogP contribution is -1.88. The summed E-state index contributed by atoms with van der Waals surface area (Å²) in [6.45, 7) is 0. The fourth-order valence-electron chi connectivity index (χ4n) is 1.70. The molecule has 19 heavy (non-hydrogen) atoms. The molecule has 0 aliphatic carbocycles. The molecule has 0 amide bonds. The second kappa shape index (κ2) is 7.12. The molecule has 0 aliphatic rings. The first kappa shape index (κ1) is 13.0. The second-order valence-electron chi connectivity index (χ2n) is 4.23. The molecular weight excluding hydrogens is 232 g/mol. The molecule has 0 N–H and O–H groups in total. The van der Waals surface area contributed by atoms with E-state index in [0.717, 1.165) is 11.1 Å². The number of carbonyl (C=O) groups is 1. The summed E-state index contributed by atoms with van der Waals surface area (Å²) in [6.07, 6.45) is 7.77. The highest BCUT2D eigenvalue weighted by Gasteiger charge is 1.92. The molecule has 2 rings (SSSR count). The topological polar surface area (TPSA) is 17.1 Å². The maximum Gasteiger partial charge on any atom is 0.159 e. The van der Waals surface area contributed by atoms with Crippen LogP contribution in [0.1, 0.15) is 17.5 Å². The number of allylic oxidation sites excluding steroid dienone is 2. The SMILES string of the molecule is O=C(/C=C/c1ccccc1)C/C=C/c1ccccc1. The molecule has 0 unspecified atom stereocenters. The van der Waals surface area contributed by atoms with E-state index in [9.17, 15) is 4.79 Å². The summed E-state index contributed by atoms with van der Waals surface area (Å²) in [7, 11) is 0. The molecular formula is C18H16O. The van der Waals surface area contributed by atoms with Crippen LogP contribution in [0, 0.1) is 0 Å². The van der Waals surface area contributed by atoms with E-state index in [-0.39, 0.29) is 5.78 Å². The van der Waals surface area contributed by atoms with Crippen LogP contribution in [0.15, 0.2) is 72.8 Å². The highest BCUT2D eigenvalue weighted by atomic mass is 16.1. The molecule has 0 saturated heterocycles. The minimum absolute atomic E-state index is 0.107. The van der Waals surface area contributed by atoms with Gasteiger partial charge in [-0.25, -0.2) is 0 Å². The lowest BCUT2D eigenvalue weighted by molar-refractivity contribution is -0.113. The van der Waals surface area contributed by atoms with Gasteiger partial charge < -0.3 is 0 Å². The summed E-state index contributed by atoms with van der Waals surface area (Å²) in [4.78, 5) is 11.7. The first-order valence-electron chi connectivity index (χ1n) is 6.32. The van der Waals surface area contributed by atoms with Gasteiger partial charge in [-0.2, -0.15) is 0 Å². The third kappa shape index (κ3) is 4.76. The smallest absolute Gasteiger partial charge is 0.159 e. The largest absolute Gasteiger partial charge is 0.295 e. The molecule has 0 aliphatic heterocycles. The zero-order valence-corrected chi connectivity index (χ0v) is 10.7. The Bertz CT molecular complexity index is 565. The van der Waals surface area contributed by atoms with Crippen molar-refractivity contribution in [1.82, 2.24) is 0 Å². The van der Waals surface area contributed by atoms with Crippen molar-refractivity contribution in [1.29, 1.82) is 0 Å². The molecule has 0 aromatic heterocycles. The highest BCUT2D eigenvalue weighted by molar-refractivity contribution is 5.94. The molecule has 0 saturated carbocycles. The molecule has 0 radical (unpaired) electrons. The van der Waals surface area contributed by atoms with Gasteiger partial charge in [0.1, 0.15) is 0 Å². The van der Waals surface area contributed by atoms with Crippen LogP contribution in [-0.2, 0) is 4.79 Å². The summed E-state index contributed by atoms with van der Waals surface area (Å²) in [5.41, 5.74) is 2.16. The first-order valence-corrected chi connectivity index (χ1v) is 6.32. The number of benzene rings is 2. The molecule has 1 heteroatoms. The normalized spacial score (nSPS) is 11.2. The predicted octanol–water partition coefficient (Wildman–Crippen LogP) is 4.37. The van der Waals surface area contributed by atoms with Gasteiger partial charge in [-0.05, 0) is 17.2 Å². The van der Waals surface area contributed by atoms with Gasteiger partial charge in [-0.15, -0.1) is 0 Å². The predicted molar refractivity (Wildman–Crippen MR) is 80.6 cm³/mol. The Morgan fingerprint density at radius 1 is 0.789 bits per heavy atom. The Morgan fingerprint density at radius 2 is 1.32 bits per heavy atom. The molecule has 0 atom stereocenters. The summed E-state index contributed by atoms with van der Waals surface area (Å²) >= 11 is 0. The zero-order chi connectivity index (χ0) is 13.3. The van der Waals surface area contributed by atoms with Gasteiger partial charge in [0.25, 0.3) is 0 Å². The molecule has 2 aromatic carbocycles. The average molecular weight is 248 g/mol. The van der Waals surface area contributed by atoms with Crippen LogP contribution in [0.5, 0.6) is 0 Å². The van der Waals surface area contributed by atoms with E-state index in [0.29, 0.717) is 6.42 Å². The van der Waals surface area contributed by atoms with Crippen molar-refractivity contribution < 1.29 is 4.79 Å². The molecule has 0 bridgehead atoms. The van der Waals surface area contributed by atoms with Crippen molar-refractivity contribution in [2.75, 3.05) is 0 Å². The van der Waals surface area contributed by atoms with Crippen LogP contribution in [-0.4, -0.2) is 5.78 Å². The van der Waals surface area contributed by atoms with Crippen molar-refractivity contribution in [3.63, 3.8) is 0 Å². The second-order valence-corrected chi connectivity index (χ2v) is 4.23. The van der Waals surface area contributed by atoms with Gasteiger partial charge >= 0.3 is 0 Å². The average Bonchev–Trinajstić information content (AvgIpc) is 2.47. The van der Waals surface area contributed by atoms with E-state index >= 15 is 0 Å². The van der Waals surface area contributed by atoms with E-state index < -0.39 is 0 Å². The van der Waals surface area contributed by atoms with Gasteiger partial charge in [0.2, 0.25) is 0 Å².